The molecule has 16 heteroatoms. The van der Waals surface area contributed by atoms with E-state index in [4.69, 9.17) is 0 Å². The van der Waals surface area contributed by atoms with Gasteiger partial charge in [0.15, 0.2) is 0 Å². The van der Waals surface area contributed by atoms with Gasteiger partial charge in [-0.15, -0.1) is 6.92 Å². The number of aryl methyl sites for hydroxylation is 3. The van der Waals surface area contributed by atoms with Gasteiger partial charge in [-0.3, -0.25) is 22.3 Å². The van der Waals surface area contributed by atoms with Crippen molar-refractivity contribution in [3.63, 3.8) is 0 Å². The molecular weight excluding hydrogens is 1620 g/mol. The maximum absolute atomic E-state index is 3.22. The normalized spacial score (nSPS) is 4.08. The smallest absolute Gasteiger partial charge is 0 e. The van der Waals surface area contributed by atoms with Gasteiger partial charge in [0.25, 0.3) is 0 Å². The summed E-state index contributed by atoms with van der Waals surface area (Å²) in [6.07, 6.45) is 0. The maximum Gasteiger partial charge on any atom is 0 e. The van der Waals surface area contributed by atoms with Crippen molar-refractivity contribution in [3.8, 4) is 0 Å². The quantitative estimate of drug-likeness (QED) is 0.270. The van der Waals surface area contributed by atoms with Gasteiger partial charge in [-0.1, -0.05) is 20.8 Å². The molecule has 0 atom stereocenters. The second-order valence-corrected chi connectivity index (χ2v) is 2.75. The Labute approximate surface area is 538 Å². The molecule has 1 aromatic rings. The molecule has 1 aromatic carbocycles. The van der Waals surface area contributed by atoms with E-state index in [1.165, 1.54) is 16.7 Å². The van der Waals surface area contributed by atoms with Crippen LogP contribution in [0.5, 0.6) is 0 Å². The average Bonchev–Trinajstić information content (AvgIpc) is 2.04. The molecule has 0 saturated heterocycles. The Bertz CT molecular complexity index is 257. The first kappa shape index (κ1) is 96.8. The van der Waals surface area contributed by atoms with Crippen molar-refractivity contribution in [2.45, 2.75) is 27.7 Å². The molecule has 0 aliphatic carbocycles. The number of halogens is 2. The Morgan fingerprint density at radius 2 is 0.577 bits per heavy atom. The van der Waals surface area contributed by atoms with E-state index in [0.717, 1.165) is 5.56 Å². The Kier molecular flexibility index (Phi) is 272. The van der Waals surface area contributed by atoms with Gasteiger partial charge in [0.05, 0.1) is 0 Å². The van der Waals surface area contributed by atoms with E-state index in [9.17, 15) is 0 Å². The van der Waals surface area contributed by atoms with Crippen LogP contribution in [0, 0.1) is 39.8 Å². The Balaban J connectivity index is -0.00000000564. The molecule has 0 aromatic heterocycles. The van der Waals surface area contributed by atoms with Crippen LogP contribution in [0.25, 0.3) is 0 Å². The SMILES string of the molecule is Cc1[c-]c(C)c(C)c(C)[c-]1.II.[Y].[Y].[Y].[Y].[Y].[Y].[Y].[Y].[Y].[Y].[Y].[Y].[Y].[Y]. The fourth-order valence-corrected chi connectivity index (χ4v) is 1.06. The van der Waals surface area contributed by atoms with Crippen molar-refractivity contribution < 1.29 is 458 Å². The Morgan fingerprint density at radius 1 is 0.423 bits per heavy atom. The molecule has 0 spiro atoms. The summed E-state index contributed by atoms with van der Waals surface area (Å²) in [7, 11) is 0. The summed E-state index contributed by atoms with van der Waals surface area (Å²) >= 11 is 4.24. The zero-order valence-corrected chi connectivity index (χ0v) is 59.9. The van der Waals surface area contributed by atoms with Crippen LogP contribution in [0.1, 0.15) is 22.3 Å². The van der Waals surface area contributed by atoms with Crippen LogP contribution in [-0.2, 0) is 458 Å². The van der Waals surface area contributed by atoms with Gasteiger partial charge >= 0.3 is 0 Å². The average molecular weight is 1630 g/mol. The second kappa shape index (κ2) is 73.0. The van der Waals surface area contributed by atoms with Crippen molar-refractivity contribution >= 4 is 37.2 Å². The minimum atomic E-state index is 0. The molecule has 14 radical (unpaired) electrons. The van der Waals surface area contributed by atoms with Gasteiger partial charge in [-0.2, -0.15) is 0 Å². The summed E-state index contributed by atoms with van der Waals surface area (Å²) in [5, 5.41) is 0. The molecule has 0 unspecified atom stereocenters. The summed E-state index contributed by atoms with van der Waals surface area (Å²) < 4.78 is 0. The fraction of sp³-hybridized carbons (Fsp3) is 0.400. The first-order valence-electron chi connectivity index (χ1n) is 3.64. The van der Waals surface area contributed by atoms with E-state index >= 15 is 0 Å². The summed E-state index contributed by atoms with van der Waals surface area (Å²) in [5.74, 6) is 0. The summed E-state index contributed by atoms with van der Waals surface area (Å²) in [4.78, 5) is 0. The van der Waals surface area contributed by atoms with Gasteiger partial charge in [0.2, 0.25) is 0 Å². The fourth-order valence-electron chi connectivity index (χ4n) is 1.06. The predicted octanol–water partition coefficient (Wildman–Crippen LogP) is 4.26. The van der Waals surface area contributed by atoms with Crippen LogP contribution in [0.3, 0.4) is 0 Å². The zero-order chi connectivity index (χ0) is 9.72. The van der Waals surface area contributed by atoms with Crippen molar-refractivity contribution in [1.82, 2.24) is 0 Å². The Hall–Kier alpha value is 16.1. The predicted molar refractivity (Wildman–Crippen MR) is 71.1 cm³/mol. The number of hydrogen-bond acceptors (Lipinski definition) is 0. The number of rotatable bonds is 0. The van der Waals surface area contributed by atoms with Crippen LogP contribution >= 0.6 is 37.2 Å². The first-order valence-corrected chi connectivity index (χ1v) is 9.93. The maximum atomic E-state index is 3.22. The molecule has 26 heavy (non-hydrogen) atoms. The van der Waals surface area contributed by atoms with Crippen LogP contribution in [-0.4, -0.2) is 0 Å². The van der Waals surface area contributed by atoms with Gasteiger partial charge < -0.3 is 12.1 Å². The Morgan fingerprint density at radius 3 is 0.731 bits per heavy atom. The van der Waals surface area contributed by atoms with E-state index in [1.807, 2.05) is 6.92 Å². The summed E-state index contributed by atoms with van der Waals surface area (Å²) in [5.41, 5.74) is 4.91. The summed E-state index contributed by atoms with van der Waals surface area (Å²) in [6.45, 7) is 8.31. The second-order valence-electron chi connectivity index (χ2n) is 2.75. The molecular formula is C10H12I2Y14-2. The van der Waals surface area contributed by atoms with Gasteiger partial charge in [0, 0.05) is 495 Å². The molecule has 0 saturated carbocycles. The van der Waals surface area contributed by atoms with Gasteiger partial charge in [-0.05, 0) is 0 Å². The third-order valence-electron chi connectivity index (χ3n) is 1.88. The molecule has 0 N–H and O–H groups in total. The molecule has 0 aliphatic rings. The van der Waals surface area contributed by atoms with Crippen LogP contribution in [0.15, 0.2) is 0 Å². The van der Waals surface area contributed by atoms with Crippen molar-refractivity contribution in [2.24, 2.45) is 0 Å². The zero-order valence-electron chi connectivity index (χ0n) is 15.8. The molecule has 0 bridgehead atoms. The molecule has 0 aliphatic heterocycles. The van der Waals surface area contributed by atoms with Gasteiger partial charge in [0.1, 0.15) is 0 Å². The monoisotopic (exact) mass is 1630 g/mol. The van der Waals surface area contributed by atoms with Gasteiger partial charge in [-0.25, -0.2) is 0 Å². The van der Waals surface area contributed by atoms with E-state index in [-0.39, 0.29) is 458 Å². The topological polar surface area (TPSA) is 0 Å². The molecule has 0 heterocycles. The molecule has 0 amide bonds. The largest absolute Gasteiger partial charge is 0.353 e. The van der Waals surface area contributed by atoms with Crippen LogP contribution < -0.4 is 0 Å². The first-order chi connectivity index (χ1) is 5.61. The van der Waals surface area contributed by atoms with Crippen molar-refractivity contribution in [2.75, 3.05) is 0 Å². The minimum absolute atomic E-state index is 0. The molecule has 0 fully saturated rings. The molecule has 0 nitrogen and oxygen atoms in total. The van der Waals surface area contributed by atoms with Crippen LogP contribution in [0.2, 0.25) is 0 Å². The third-order valence-corrected chi connectivity index (χ3v) is 1.88. The number of benzene rings is 1. The van der Waals surface area contributed by atoms with E-state index < -0.39 is 0 Å². The van der Waals surface area contributed by atoms with E-state index in [2.05, 4.69) is 70.1 Å². The van der Waals surface area contributed by atoms with Crippen molar-refractivity contribution in [1.29, 1.82) is 0 Å². The minimum Gasteiger partial charge on any atom is -0.353 e. The third kappa shape index (κ3) is 59.5. The van der Waals surface area contributed by atoms with E-state index in [0.29, 0.717) is 0 Å². The molecule has 110 valence electrons. The van der Waals surface area contributed by atoms with Crippen molar-refractivity contribution in [3.05, 3.63) is 34.4 Å². The number of hydrogen-bond donors (Lipinski definition) is 0. The standard InChI is InChI=1S/C10H12.I2.14Y/c1-7-5-8(2)10(4)9(3)6-7;1-2;;;;;;;;;;;;;;/h1-4H3;;;;;;;;;;;;;;;/q-2;;;;;;;;;;;;;;;. The summed E-state index contributed by atoms with van der Waals surface area (Å²) in [6, 6.07) is 6.45. The van der Waals surface area contributed by atoms with Crippen LogP contribution in [0.4, 0.5) is 0 Å². The molecule has 1 rings (SSSR count). The van der Waals surface area contributed by atoms with E-state index in [1.54, 1.807) is 0 Å².